The number of hydrogen-bond acceptors (Lipinski definition) is 4. The Labute approximate surface area is 144 Å². The summed E-state index contributed by atoms with van der Waals surface area (Å²) < 4.78 is 0. The Hall–Kier alpha value is -1.95. The zero-order valence-corrected chi connectivity index (χ0v) is 14.9. The fourth-order valence-corrected chi connectivity index (χ4v) is 2.97. The van der Waals surface area contributed by atoms with E-state index in [1.807, 2.05) is 43.0 Å². The van der Waals surface area contributed by atoms with Gasteiger partial charge in [-0.05, 0) is 45.1 Å². The predicted molar refractivity (Wildman–Crippen MR) is 93.2 cm³/mol. The summed E-state index contributed by atoms with van der Waals surface area (Å²) in [5.74, 6) is 0.224. The maximum atomic E-state index is 12.9. The molecule has 0 spiro atoms. The average Bonchev–Trinajstić information content (AvgIpc) is 2.59. The lowest BCUT2D eigenvalue weighted by Gasteiger charge is -2.35. The van der Waals surface area contributed by atoms with Gasteiger partial charge in [0.05, 0.1) is 5.92 Å². The molecule has 1 aliphatic rings. The van der Waals surface area contributed by atoms with Crippen LogP contribution in [0.15, 0.2) is 24.5 Å². The van der Waals surface area contributed by atoms with Crippen LogP contribution < -0.4 is 0 Å². The molecular weight excluding hydrogens is 304 g/mol. The van der Waals surface area contributed by atoms with Crippen LogP contribution in [0.1, 0.15) is 25.3 Å². The summed E-state index contributed by atoms with van der Waals surface area (Å²) in [5, 5.41) is 0. The van der Waals surface area contributed by atoms with Crippen LogP contribution in [-0.4, -0.2) is 71.8 Å². The molecule has 1 fully saturated rings. The number of carbonyl (C=O) groups excluding carboxylic acids is 2. The number of nitrogens with zero attached hydrogens (tertiary/aromatic N) is 4. The van der Waals surface area contributed by atoms with Gasteiger partial charge >= 0.3 is 0 Å². The van der Waals surface area contributed by atoms with Crippen LogP contribution in [0.2, 0.25) is 0 Å². The van der Waals surface area contributed by atoms with E-state index in [-0.39, 0.29) is 17.7 Å². The van der Waals surface area contributed by atoms with E-state index in [1.54, 1.807) is 12.4 Å². The first kappa shape index (κ1) is 18.4. The minimum absolute atomic E-state index is 0.0911. The van der Waals surface area contributed by atoms with Crippen LogP contribution in [0.4, 0.5) is 0 Å². The minimum atomic E-state index is -0.0911. The Morgan fingerprint density at radius 2 is 2.04 bits per heavy atom. The molecule has 132 valence electrons. The molecule has 0 aromatic carbocycles. The zero-order chi connectivity index (χ0) is 17.5. The van der Waals surface area contributed by atoms with Gasteiger partial charge < -0.3 is 14.7 Å². The molecule has 1 aromatic rings. The third-order valence-corrected chi connectivity index (χ3v) is 4.48. The molecule has 0 N–H and O–H groups in total. The maximum Gasteiger partial charge on any atom is 0.227 e. The van der Waals surface area contributed by atoms with Gasteiger partial charge in [-0.15, -0.1) is 0 Å². The molecule has 2 amide bonds. The molecule has 24 heavy (non-hydrogen) atoms. The number of amides is 2. The van der Waals surface area contributed by atoms with Crippen molar-refractivity contribution < 1.29 is 9.59 Å². The smallest absolute Gasteiger partial charge is 0.227 e. The highest BCUT2D eigenvalue weighted by Gasteiger charge is 2.32. The summed E-state index contributed by atoms with van der Waals surface area (Å²) in [4.78, 5) is 34.8. The lowest BCUT2D eigenvalue weighted by Crippen LogP contribution is -2.48. The largest absolute Gasteiger partial charge is 0.341 e. The Morgan fingerprint density at radius 3 is 2.67 bits per heavy atom. The van der Waals surface area contributed by atoms with Gasteiger partial charge in [-0.2, -0.15) is 0 Å². The molecule has 6 heteroatoms. The van der Waals surface area contributed by atoms with Gasteiger partial charge in [0.25, 0.3) is 0 Å². The molecule has 0 bridgehead atoms. The molecule has 1 aromatic heterocycles. The number of likely N-dealkylation sites (tertiary alicyclic amines) is 1. The Kier molecular flexibility index (Phi) is 6.73. The van der Waals surface area contributed by atoms with Crippen LogP contribution in [0, 0.1) is 5.92 Å². The lowest BCUT2D eigenvalue weighted by molar-refractivity contribution is -0.143. The van der Waals surface area contributed by atoms with Crippen LogP contribution >= 0.6 is 0 Å². The van der Waals surface area contributed by atoms with Gasteiger partial charge in [0.2, 0.25) is 11.8 Å². The number of rotatable bonds is 7. The van der Waals surface area contributed by atoms with E-state index >= 15 is 0 Å². The van der Waals surface area contributed by atoms with E-state index < -0.39 is 0 Å². The van der Waals surface area contributed by atoms with Crippen molar-refractivity contribution in [1.29, 1.82) is 0 Å². The number of aromatic nitrogens is 1. The third-order valence-electron chi connectivity index (χ3n) is 4.48. The molecule has 0 radical (unpaired) electrons. The normalized spacial score (nSPS) is 18.1. The monoisotopic (exact) mass is 332 g/mol. The van der Waals surface area contributed by atoms with Crippen molar-refractivity contribution >= 4 is 11.8 Å². The second kappa shape index (κ2) is 8.78. The second-order valence-corrected chi connectivity index (χ2v) is 6.59. The topological polar surface area (TPSA) is 56.8 Å². The fourth-order valence-electron chi connectivity index (χ4n) is 2.97. The first-order chi connectivity index (χ1) is 11.5. The zero-order valence-electron chi connectivity index (χ0n) is 14.9. The molecular formula is C18H28N4O2. The van der Waals surface area contributed by atoms with Gasteiger partial charge in [-0.25, -0.2) is 0 Å². The molecule has 1 saturated heterocycles. The van der Waals surface area contributed by atoms with Crippen molar-refractivity contribution in [2.24, 2.45) is 5.92 Å². The van der Waals surface area contributed by atoms with Crippen molar-refractivity contribution in [1.82, 2.24) is 19.7 Å². The SMILES string of the molecule is CCN(Cc1ccncc1)C(=O)C1CCC(=O)N(CCN(C)C)C1. The highest BCUT2D eigenvalue weighted by molar-refractivity contribution is 5.83. The predicted octanol–water partition coefficient (Wildman–Crippen LogP) is 1.23. The van der Waals surface area contributed by atoms with Gasteiger partial charge in [-0.3, -0.25) is 14.6 Å². The fraction of sp³-hybridized carbons (Fsp3) is 0.611. The van der Waals surface area contributed by atoms with Crippen LogP contribution in [-0.2, 0) is 16.1 Å². The quantitative estimate of drug-likeness (QED) is 0.754. The van der Waals surface area contributed by atoms with E-state index in [0.717, 1.165) is 12.1 Å². The molecule has 6 nitrogen and oxygen atoms in total. The molecule has 0 saturated carbocycles. The molecule has 2 heterocycles. The summed E-state index contributed by atoms with van der Waals surface area (Å²) in [6, 6.07) is 3.87. The Morgan fingerprint density at radius 1 is 1.33 bits per heavy atom. The summed E-state index contributed by atoms with van der Waals surface area (Å²) in [6.07, 6.45) is 4.62. The van der Waals surface area contributed by atoms with Crippen molar-refractivity contribution in [3.63, 3.8) is 0 Å². The van der Waals surface area contributed by atoms with E-state index in [0.29, 0.717) is 39.0 Å². The summed E-state index contributed by atoms with van der Waals surface area (Å²) in [6.45, 7) is 5.31. The molecule has 0 aliphatic carbocycles. The Balaban J connectivity index is 1.97. The summed E-state index contributed by atoms with van der Waals surface area (Å²) >= 11 is 0. The second-order valence-electron chi connectivity index (χ2n) is 6.59. The van der Waals surface area contributed by atoms with Crippen molar-refractivity contribution in [3.05, 3.63) is 30.1 Å². The van der Waals surface area contributed by atoms with Crippen LogP contribution in [0.25, 0.3) is 0 Å². The number of hydrogen-bond donors (Lipinski definition) is 0. The minimum Gasteiger partial charge on any atom is -0.341 e. The van der Waals surface area contributed by atoms with E-state index in [4.69, 9.17) is 0 Å². The van der Waals surface area contributed by atoms with Crippen molar-refractivity contribution in [2.45, 2.75) is 26.3 Å². The highest BCUT2D eigenvalue weighted by atomic mass is 16.2. The number of likely N-dealkylation sites (N-methyl/N-ethyl adjacent to an activating group) is 1. The first-order valence-electron chi connectivity index (χ1n) is 8.61. The van der Waals surface area contributed by atoms with Crippen LogP contribution in [0.5, 0.6) is 0 Å². The summed E-state index contributed by atoms with van der Waals surface area (Å²) in [5.41, 5.74) is 1.08. The number of piperidine rings is 1. The molecule has 1 aliphatic heterocycles. The number of pyridine rings is 1. The molecule has 1 unspecified atom stereocenters. The van der Waals surface area contributed by atoms with E-state index in [9.17, 15) is 9.59 Å². The highest BCUT2D eigenvalue weighted by Crippen LogP contribution is 2.20. The van der Waals surface area contributed by atoms with Gasteiger partial charge in [0.1, 0.15) is 0 Å². The Bertz CT molecular complexity index is 547. The molecule has 2 rings (SSSR count). The maximum absolute atomic E-state index is 12.9. The standard InChI is InChI=1S/C18H28N4O2/c1-4-21(13-15-7-9-19-10-8-15)18(24)16-5-6-17(23)22(14-16)12-11-20(2)3/h7-10,16H,4-6,11-14H2,1-3H3. The molecule has 1 atom stereocenters. The average molecular weight is 332 g/mol. The van der Waals surface area contributed by atoms with Crippen molar-refractivity contribution in [3.8, 4) is 0 Å². The van der Waals surface area contributed by atoms with E-state index in [2.05, 4.69) is 9.88 Å². The third kappa shape index (κ3) is 5.03. The van der Waals surface area contributed by atoms with Crippen molar-refractivity contribution in [2.75, 3.05) is 40.3 Å². The van der Waals surface area contributed by atoms with Gasteiger partial charge in [0, 0.05) is 51.5 Å². The van der Waals surface area contributed by atoms with E-state index in [1.165, 1.54) is 0 Å². The summed E-state index contributed by atoms with van der Waals surface area (Å²) in [7, 11) is 3.98. The lowest BCUT2D eigenvalue weighted by atomic mass is 9.95. The van der Waals surface area contributed by atoms with Crippen LogP contribution in [0.3, 0.4) is 0 Å². The number of carbonyl (C=O) groups is 2. The van der Waals surface area contributed by atoms with Gasteiger partial charge in [-0.1, -0.05) is 0 Å². The van der Waals surface area contributed by atoms with Gasteiger partial charge in [0.15, 0.2) is 0 Å². The first-order valence-corrected chi connectivity index (χ1v) is 8.61.